The molecule has 17 atom stereocenters. The number of hydrogen-bond donors (Lipinski definition) is 11. The summed E-state index contributed by atoms with van der Waals surface area (Å²) in [6, 6.07) is -5.41. The van der Waals surface area contributed by atoms with E-state index >= 15 is 0 Å². The molecule has 810 valence electrons. The lowest BCUT2D eigenvalue weighted by atomic mass is 9.96. The molecular weight excluding hydrogens is 1930 g/mol. The number of benzene rings is 1. The molecule has 0 bridgehead atoms. The van der Waals surface area contributed by atoms with Crippen LogP contribution in [0.4, 0.5) is 17.6 Å². The lowest BCUT2D eigenvalue weighted by molar-refractivity contribution is -0.277. The van der Waals surface area contributed by atoms with Gasteiger partial charge in [0.2, 0.25) is 65.0 Å². The van der Waals surface area contributed by atoms with Crippen molar-refractivity contribution in [2.45, 2.75) is 316 Å². The summed E-state index contributed by atoms with van der Waals surface area (Å²) in [5.74, 6) is -23.4. The number of carbonyl (C=O) groups is 21. The average molecular weight is 2070 g/mol. The number of carboxylic acids is 1. The van der Waals surface area contributed by atoms with Crippen molar-refractivity contribution in [1.29, 1.82) is 0 Å². The van der Waals surface area contributed by atoms with Crippen LogP contribution in [-0.4, -0.2) is 331 Å². The average Bonchev–Trinajstić information content (AvgIpc) is 0.795. The first kappa shape index (κ1) is 124. The van der Waals surface area contributed by atoms with Crippen molar-refractivity contribution in [3.05, 3.63) is 34.9 Å². The van der Waals surface area contributed by atoms with Crippen LogP contribution >= 0.6 is 0 Å². The van der Waals surface area contributed by atoms with E-state index in [1.165, 1.54) is 18.7 Å². The van der Waals surface area contributed by atoms with Crippen LogP contribution in [0, 0.1) is 23.3 Å². The minimum Gasteiger partial charge on any atom is -0.479 e. The highest BCUT2D eigenvalue weighted by Crippen LogP contribution is 2.34. The molecule has 144 heavy (non-hydrogen) atoms. The first-order valence-electron chi connectivity index (χ1n) is 47.1. The second-order valence-corrected chi connectivity index (χ2v) is 33.6. The van der Waals surface area contributed by atoms with E-state index in [2.05, 4.69) is 53.2 Å². The fraction of sp³-hybridized carbons (Fsp3) is 0.703. The number of nitrogens with one attached hydrogen (secondary N) is 10. The Labute approximate surface area is 827 Å². The van der Waals surface area contributed by atoms with E-state index in [-0.39, 0.29) is 186 Å². The summed E-state index contributed by atoms with van der Waals surface area (Å²) >= 11 is 0. The molecule has 1 aromatic rings. The number of unbranched alkanes of at least 4 members (excludes halogenated alkanes) is 6. The molecule has 49 nitrogen and oxygen atoms in total. The standard InChI is InChI=1S/C91H135F4N11O38/c1-49(107)102-77-84(139-58(10)116)80(136-55(7)113)64(46-133-52(4)110)142-89(77)130-41-22-16-27-67(119)96-33-19-13-25-70(122)99-36-39-106(40-37-100-71(123)26-14-20-34-97-68(120)28-17-23-42-131-90-78(103-50(2)108)85(140-59(11)117)81(137-56(8)114)65(143-90)47-134-53(5)111)73(125)32-31-63(87(126)101-38-44-129-83(88(127)128)74-75(94)61(92)45-62(93)76(74)95)105-72(124)30-15-21-35-98-69(121)29-18-24-43-132-91-79(104-51(3)109)86(141-60(12)118)82(138-57(9)115)66(144-91)48-135-54(6)112/h45,63-66,77-86,89-91H,13-44,46-48H2,1-12H3,(H,96,119)(H,97,120)(H,98,121)(H,99,122)(H,100,123)(H,101,126)(H,102,107)(H,103,108)(H,104,109)(H,105,124)(H,127,128)/t63-,64?,65?,66?,77?,78?,79?,80?,81?,82?,83?,84?,85?,86?,89?,90?,91?/m0/s1. The second-order valence-electron chi connectivity index (χ2n) is 33.6. The lowest BCUT2D eigenvalue weighted by Crippen LogP contribution is -2.66. The molecule has 1 aromatic carbocycles. The summed E-state index contributed by atoms with van der Waals surface area (Å²) in [6.45, 7) is 9.84. The van der Waals surface area contributed by atoms with Crippen LogP contribution < -0.4 is 53.2 Å². The van der Waals surface area contributed by atoms with E-state index in [1.807, 2.05) is 0 Å². The molecule has 4 rings (SSSR count). The third-order valence-electron chi connectivity index (χ3n) is 21.3. The molecule has 0 spiro atoms. The summed E-state index contributed by atoms with van der Waals surface area (Å²) in [5, 5.41) is 36.2. The van der Waals surface area contributed by atoms with E-state index in [9.17, 15) is 123 Å². The number of amides is 11. The number of esters is 9. The van der Waals surface area contributed by atoms with Gasteiger partial charge in [0.25, 0.3) is 0 Å². The quantitative estimate of drug-likeness (QED) is 0.0137. The molecule has 11 N–H and O–H groups in total. The predicted molar refractivity (Wildman–Crippen MR) is 481 cm³/mol. The molecule has 11 amide bonds. The van der Waals surface area contributed by atoms with Gasteiger partial charge in [-0.15, -0.1) is 0 Å². The molecule has 3 aliphatic heterocycles. The number of halogens is 4. The third kappa shape index (κ3) is 48.3. The summed E-state index contributed by atoms with van der Waals surface area (Å²) in [4.78, 5) is 267. The van der Waals surface area contributed by atoms with Crippen LogP contribution in [0.2, 0.25) is 0 Å². The minimum absolute atomic E-state index is 0.0207. The molecule has 0 radical (unpaired) electrons. The molecule has 3 fully saturated rings. The fourth-order valence-corrected chi connectivity index (χ4v) is 15.0. The van der Waals surface area contributed by atoms with E-state index in [0.29, 0.717) is 12.8 Å². The van der Waals surface area contributed by atoms with Gasteiger partial charge in [-0.05, 0) is 83.5 Å². The van der Waals surface area contributed by atoms with Gasteiger partial charge in [-0.1, -0.05) is 0 Å². The van der Waals surface area contributed by atoms with Crippen LogP contribution in [0.3, 0.4) is 0 Å². The fourth-order valence-electron chi connectivity index (χ4n) is 15.0. The van der Waals surface area contributed by atoms with Gasteiger partial charge in [-0.2, -0.15) is 0 Å². The number of aliphatic carboxylic acids is 1. The summed E-state index contributed by atoms with van der Waals surface area (Å²) < 4.78 is 147. The topological polar surface area (TPSA) is 650 Å². The molecule has 16 unspecified atom stereocenters. The van der Waals surface area contributed by atoms with Crippen LogP contribution in [-0.2, 0) is 176 Å². The maximum atomic E-state index is 14.8. The van der Waals surface area contributed by atoms with Crippen LogP contribution in [0.25, 0.3) is 0 Å². The zero-order valence-electron chi connectivity index (χ0n) is 82.7. The van der Waals surface area contributed by atoms with Gasteiger partial charge in [0, 0.05) is 206 Å². The SMILES string of the molecule is CC(=O)NC1C(OCCCCC(=O)NCCCCC(=O)NCCN(CCNC(=O)CCCCNC(=O)CCCCOC2OC(COC(C)=O)C(OC(C)=O)C(OC(C)=O)C2NC(C)=O)C(=O)CC[C@H](NC(=O)CCCCNC(=O)CCCCOC2OC(COC(C)=O)C(OC(C)=O)C(OC(C)=O)C2NC(C)=O)C(=O)NCCOC(C(=O)O)c2c(F)c(F)cc(F)c2F)OC(COC(C)=O)C(OC(C)=O)C1OC(C)=O. The number of ether oxygens (including phenoxy) is 16. The first-order chi connectivity index (χ1) is 68.2. The van der Waals surface area contributed by atoms with Gasteiger partial charge in [0.05, 0.1) is 12.2 Å². The summed E-state index contributed by atoms with van der Waals surface area (Å²) in [6.07, 6.45) is -16.8. The van der Waals surface area contributed by atoms with Crippen molar-refractivity contribution in [1.82, 2.24) is 58.1 Å². The molecule has 53 heteroatoms. The van der Waals surface area contributed by atoms with Gasteiger partial charge < -0.3 is 139 Å². The first-order valence-corrected chi connectivity index (χ1v) is 47.1. The molecule has 0 saturated carbocycles. The van der Waals surface area contributed by atoms with Gasteiger partial charge in [0.15, 0.2) is 84.9 Å². The lowest BCUT2D eigenvalue weighted by Gasteiger charge is -2.44. The Bertz CT molecular complexity index is 4320. The van der Waals surface area contributed by atoms with Crippen LogP contribution in [0.1, 0.15) is 223 Å². The number of nitrogens with zero attached hydrogens (tertiary/aromatic N) is 1. The summed E-state index contributed by atoms with van der Waals surface area (Å²) in [7, 11) is 0. The van der Waals surface area contributed by atoms with Crippen molar-refractivity contribution in [2.24, 2.45) is 0 Å². The van der Waals surface area contributed by atoms with Gasteiger partial charge in [-0.3, -0.25) is 95.9 Å². The molecule has 3 heterocycles. The Morgan fingerprint density at radius 2 is 0.639 bits per heavy atom. The Hall–Kier alpha value is -12.5. The zero-order chi connectivity index (χ0) is 107. The van der Waals surface area contributed by atoms with Crippen LogP contribution in [0.5, 0.6) is 0 Å². The predicted octanol–water partition coefficient (Wildman–Crippen LogP) is 0.216. The molecule has 0 aromatic heterocycles. The second kappa shape index (κ2) is 66.5. The van der Waals surface area contributed by atoms with E-state index in [4.69, 9.17) is 75.8 Å². The van der Waals surface area contributed by atoms with Crippen molar-refractivity contribution >= 4 is 125 Å². The van der Waals surface area contributed by atoms with Crippen molar-refractivity contribution in [2.75, 3.05) is 98.6 Å². The zero-order valence-corrected chi connectivity index (χ0v) is 82.7. The summed E-state index contributed by atoms with van der Waals surface area (Å²) in [5.41, 5.74) is -1.63. The van der Waals surface area contributed by atoms with E-state index in [0.717, 1.165) is 69.2 Å². The largest absolute Gasteiger partial charge is 0.479 e. The highest BCUT2D eigenvalue weighted by molar-refractivity contribution is 5.89. The highest BCUT2D eigenvalue weighted by atomic mass is 19.2. The number of carbonyl (C=O) groups excluding carboxylic acids is 20. The third-order valence-corrected chi connectivity index (χ3v) is 21.3. The number of hydrogen-bond acceptors (Lipinski definition) is 37. The number of carboxylic acid groups (broad SMARTS) is 1. The molecule has 0 aliphatic carbocycles. The maximum absolute atomic E-state index is 14.8. The van der Waals surface area contributed by atoms with Gasteiger partial charge >= 0.3 is 59.7 Å². The van der Waals surface area contributed by atoms with Crippen molar-refractivity contribution in [3.8, 4) is 0 Å². The van der Waals surface area contributed by atoms with Crippen molar-refractivity contribution < 1.29 is 199 Å². The molecule has 3 saturated heterocycles. The monoisotopic (exact) mass is 2070 g/mol. The number of rotatable bonds is 65. The van der Waals surface area contributed by atoms with Gasteiger partial charge in [-0.25, -0.2) is 22.4 Å². The minimum atomic E-state index is -2.65. The van der Waals surface area contributed by atoms with Crippen molar-refractivity contribution in [3.63, 3.8) is 0 Å². The van der Waals surface area contributed by atoms with Crippen LogP contribution in [0.15, 0.2) is 6.07 Å². The van der Waals surface area contributed by atoms with E-state index < -0.39 is 292 Å². The normalized spacial score (nSPS) is 20.9. The molecule has 3 aliphatic rings. The van der Waals surface area contributed by atoms with E-state index in [1.54, 1.807) is 0 Å². The Balaban J connectivity index is 1.42. The van der Waals surface area contributed by atoms with Gasteiger partial charge in [0.1, 0.15) is 62.3 Å². The maximum Gasteiger partial charge on any atom is 0.337 e. The Morgan fingerprint density at radius 3 is 0.931 bits per heavy atom. The highest BCUT2D eigenvalue weighted by Gasteiger charge is 2.55. The Morgan fingerprint density at radius 1 is 0.347 bits per heavy atom. The Kier molecular flexibility index (Phi) is 57.1. The smallest absolute Gasteiger partial charge is 0.337 e. The molecular formula is C91H135F4N11O38.